The van der Waals surface area contributed by atoms with Crippen molar-refractivity contribution in [1.29, 1.82) is 0 Å². The number of halogens is 2. The van der Waals surface area contributed by atoms with Crippen LogP contribution in [0.25, 0.3) is 0 Å². The minimum atomic E-state index is -1.36. The molecule has 1 heterocycles. The lowest BCUT2D eigenvalue weighted by atomic mass is 10.1. The summed E-state index contributed by atoms with van der Waals surface area (Å²) in [6, 6.07) is 3.39. The number of carboxylic acids is 1. The van der Waals surface area contributed by atoms with Gasteiger partial charge in [0.25, 0.3) is 0 Å². The molecular formula is C14H13F2NO2S. The summed E-state index contributed by atoms with van der Waals surface area (Å²) in [6.07, 6.45) is 0.628. The van der Waals surface area contributed by atoms with Crippen LogP contribution in [0.5, 0.6) is 0 Å². The van der Waals surface area contributed by atoms with Gasteiger partial charge in [0.05, 0.1) is 5.56 Å². The minimum absolute atomic E-state index is 0.177. The molecule has 3 nitrogen and oxygen atoms in total. The summed E-state index contributed by atoms with van der Waals surface area (Å²) in [5.74, 6) is -3.17. The van der Waals surface area contributed by atoms with E-state index in [0.29, 0.717) is 6.42 Å². The Morgan fingerprint density at radius 2 is 2.05 bits per heavy atom. The Bertz CT molecular complexity index is 591. The number of anilines is 1. The topological polar surface area (TPSA) is 49.3 Å². The lowest BCUT2D eigenvalue weighted by molar-refractivity contribution is 0.0696. The first-order valence-corrected chi connectivity index (χ1v) is 6.91. The molecule has 0 amide bonds. The molecule has 2 N–H and O–H groups in total. The summed E-state index contributed by atoms with van der Waals surface area (Å²) in [5, 5.41) is 15.4. The van der Waals surface area contributed by atoms with Gasteiger partial charge in [0, 0.05) is 6.04 Å². The summed E-state index contributed by atoms with van der Waals surface area (Å²) in [5.41, 5.74) is 0.381. The lowest BCUT2D eigenvalue weighted by Crippen LogP contribution is -2.20. The van der Waals surface area contributed by atoms with E-state index < -0.39 is 23.2 Å². The van der Waals surface area contributed by atoms with Crippen LogP contribution in [0.1, 0.15) is 22.8 Å². The fourth-order valence-corrected chi connectivity index (χ4v) is 2.58. The zero-order chi connectivity index (χ0) is 14.7. The summed E-state index contributed by atoms with van der Waals surface area (Å²) in [6.45, 7) is 1.81. The predicted octanol–water partition coefficient (Wildman–Crippen LogP) is 3.77. The Kier molecular flexibility index (Phi) is 4.34. The minimum Gasteiger partial charge on any atom is -0.478 e. The van der Waals surface area contributed by atoms with Crippen LogP contribution >= 0.6 is 11.3 Å². The first kappa shape index (κ1) is 14.5. The maximum atomic E-state index is 13.7. The summed E-state index contributed by atoms with van der Waals surface area (Å²) >= 11 is 1.56. The first-order chi connectivity index (χ1) is 9.47. The van der Waals surface area contributed by atoms with Crippen LogP contribution in [-0.4, -0.2) is 17.1 Å². The van der Waals surface area contributed by atoms with Gasteiger partial charge in [-0.3, -0.25) is 0 Å². The van der Waals surface area contributed by atoms with Crippen molar-refractivity contribution < 1.29 is 18.7 Å². The van der Waals surface area contributed by atoms with Crippen molar-refractivity contribution in [2.45, 2.75) is 19.4 Å². The highest BCUT2D eigenvalue weighted by Gasteiger charge is 2.16. The molecule has 1 unspecified atom stereocenters. The molecule has 1 aromatic heterocycles. The number of aromatic carboxylic acids is 1. The third-order valence-electron chi connectivity index (χ3n) is 2.80. The van der Waals surface area contributed by atoms with Gasteiger partial charge in [-0.25, -0.2) is 13.6 Å². The lowest BCUT2D eigenvalue weighted by Gasteiger charge is -2.16. The van der Waals surface area contributed by atoms with Crippen molar-refractivity contribution in [3.63, 3.8) is 0 Å². The van der Waals surface area contributed by atoms with Crippen LogP contribution < -0.4 is 5.32 Å². The van der Waals surface area contributed by atoms with Crippen LogP contribution in [0, 0.1) is 11.6 Å². The second kappa shape index (κ2) is 6.00. The molecule has 0 aliphatic heterocycles. The standard InChI is InChI=1S/C14H13F2NO2S/c1-8(4-9-2-3-20-7-9)17-13-11(15)5-10(14(18)19)6-12(13)16/h2-3,5-8,17H,4H2,1H3,(H,18,19). The number of hydrogen-bond donors (Lipinski definition) is 2. The number of carboxylic acid groups (broad SMARTS) is 1. The van der Waals surface area contributed by atoms with Crippen molar-refractivity contribution >= 4 is 23.0 Å². The summed E-state index contributed by atoms with van der Waals surface area (Å²) < 4.78 is 27.5. The van der Waals surface area contributed by atoms with Gasteiger partial charge in [-0.2, -0.15) is 11.3 Å². The normalized spacial score (nSPS) is 12.2. The van der Waals surface area contributed by atoms with Gasteiger partial charge >= 0.3 is 5.97 Å². The van der Waals surface area contributed by atoms with Gasteiger partial charge in [-0.15, -0.1) is 0 Å². The van der Waals surface area contributed by atoms with Crippen LogP contribution in [0.4, 0.5) is 14.5 Å². The van der Waals surface area contributed by atoms with E-state index in [4.69, 9.17) is 5.11 Å². The fourth-order valence-electron chi connectivity index (χ4n) is 1.89. The van der Waals surface area contributed by atoms with Gasteiger partial charge in [0.2, 0.25) is 0 Å². The molecule has 0 fully saturated rings. The fraction of sp³-hybridized carbons (Fsp3) is 0.214. The van der Waals surface area contributed by atoms with Crippen LogP contribution in [0.3, 0.4) is 0 Å². The molecule has 0 aliphatic carbocycles. The molecule has 2 rings (SSSR count). The smallest absolute Gasteiger partial charge is 0.335 e. The molecule has 0 bridgehead atoms. The Labute approximate surface area is 118 Å². The molecule has 20 heavy (non-hydrogen) atoms. The highest BCUT2D eigenvalue weighted by atomic mass is 32.1. The molecule has 106 valence electrons. The highest BCUT2D eigenvalue weighted by molar-refractivity contribution is 7.07. The number of thiophene rings is 1. The molecule has 1 aromatic carbocycles. The van der Waals surface area contributed by atoms with E-state index in [1.165, 1.54) is 0 Å². The quantitative estimate of drug-likeness (QED) is 0.883. The molecule has 6 heteroatoms. The Hall–Kier alpha value is -1.95. The first-order valence-electron chi connectivity index (χ1n) is 5.97. The summed E-state index contributed by atoms with van der Waals surface area (Å²) in [4.78, 5) is 10.7. The van der Waals surface area contributed by atoms with Gasteiger partial charge in [0.1, 0.15) is 17.3 Å². The van der Waals surface area contributed by atoms with E-state index in [2.05, 4.69) is 5.32 Å². The number of rotatable bonds is 5. The van der Waals surface area contributed by atoms with E-state index in [0.717, 1.165) is 17.7 Å². The number of carbonyl (C=O) groups is 1. The zero-order valence-electron chi connectivity index (χ0n) is 10.7. The Balaban J connectivity index is 2.14. The second-order valence-electron chi connectivity index (χ2n) is 4.50. The molecule has 0 spiro atoms. The van der Waals surface area contributed by atoms with Gasteiger partial charge in [0.15, 0.2) is 0 Å². The van der Waals surface area contributed by atoms with E-state index >= 15 is 0 Å². The largest absolute Gasteiger partial charge is 0.478 e. The van der Waals surface area contributed by atoms with Gasteiger partial charge in [-0.1, -0.05) is 0 Å². The van der Waals surface area contributed by atoms with Crippen molar-refractivity contribution in [3.05, 3.63) is 51.7 Å². The van der Waals surface area contributed by atoms with E-state index in [1.807, 2.05) is 23.8 Å². The van der Waals surface area contributed by atoms with Crippen molar-refractivity contribution in [2.24, 2.45) is 0 Å². The second-order valence-corrected chi connectivity index (χ2v) is 5.28. The number of hydrogen-bond acceptors (Lipinski definition) is 3. The average Bonchev–Trinajstić information content (AvgIpc) is 2.86. The summed E-state index contributed by atoms with van der Waals surface area (Å²) in [7, 11) is 0. The molecular weight excluding hydrogens is 284 g/mol. The maximum Gasteiger partial charge on any atom is 0.335 e. The van der Waals surface area contributed by atoms with E-state index in [9.17, 15) is 13.6 Å². The van der Waals surface area contributed by atoms with Gasteiger partial charge < -0.3 is 10.4 Å². The van der Waals surface area contributed by atoms with Crippen molar-refractivity contribution in [2.75, 3.05) is 5.32 Å². The van der Waals surface area contributed by atoms with E-state index in [1.54, 1.807) is 11.3 Å². The van der Waals surface area contributed by atoms with Crippen LogP contribution in [0.2, 0.25) is 0 Å². The Morgan fingerprint density at radius 1 is 1.40 bits per heavy atom. The van der Waals surface area contributed by atoms with Crippen LogP contribution in [-0.2, 0) is 6.42 Å². The van der Waals surface area contributed by atoms with Crippen molar-refractivity contribution in [3.8, 4) is 0 Å². The number of nitrogens with one attached hydrogen (secondary N) is 1. The monoisotopic (exact) mass is 297 g/mol. The van der Waals surface area contributed by atoms with Gasteiger partial charge in [-0.05, 0) is 47.9 Å². The Morgan fingerprint density at radius 3 is 2.55 bits per heavy atom. The molecule has 1 atom stereocenters. The van der Waals surface area contributed by atoms with E-state index in [-0.39, 0.29) is 11.7 Å². The average molecular weight is 297 g/mol. The molecule has 0 saturated carbocycles. The number of benzene rings is 1. The third kappa shape index (κ3) is 3.33. The molecule has 0 saturated heterocycles. The molecule has 2 aromatic rings. The SMILES string of the molecule is CC(Cc1ccsc1)Nc1c(F)cc(C(=O)O)cc1F. The van der Waals surface area contributed by atoms with Crippen LogP contribution in [0.15, 0.2) is 29.0 Å². The predicted molar refractivity (Wildman–Crippen MR) is 74.4 cm³/mol. The zero-order valence-corrected chi connectivity index (χ0v) is 11.5. The maximum absolute atomic E-state index is 13.7. The highest BCUT2D eigenvalue weighted by Crippen LogP contribution is 2.22. The molecule has 0 radical (unpaired) electrons. The third-order valence-corrected chi connectivity index (χ3v) is 3.53. The molecule has 0 aliphatic rings. The van der Waals surface area contributed by atoms with Crippen molar-refractivity contribution in [1.82, 2.24) is 0 Å².